The van der Waals surface area contributed by atoms with Crippen molar-refractivity contribution in [1.82, 2.24) is 9.88 Å². The summed E-state index contributed by atoms with van der Waals surface area (Å²) in [6, 6.07) is 7.86. The number of thiazole rings is 1. The molecule has 5 heteroatoms. The van der Waals surface area contributed by atoms with Crippen LogP contribution in [0.2, 0.25) is 5.02 Å². The zero-order chi connectivity index (χ0) is 15.9. The van der Waals surface area contributed by atoms with Crippen molar-refractivity contribution in [3.05, 3.63) is 39.9 Å². The zero-order valence-corrected chi connectivity index (χ0v) is 14.5. The Kier molecular flexibility index (Phi) is 4.24. The normalized spacial score (nSPS) is 15.6. The molecule has 0 saturated heterocycles. The van der Waals surface area contributed by atoms with Gasteiger partial charge in [-0.15, -0.1) is 11.3 Å². The first-order valence-corrected chi connectivity index (χ1v) is 8.67. The van der Waals surface area contributed by atoms with E-state index in [4.69, 9.17) is 11.6 Å². The molecular formula is C17H19ClN2OS. The molecule has 0 spiro atoms. The Balaban J connectivity index is 1.85. The van der Waals surface area contributed by atoms with Crippen LogP contribution in [-0.4, -0.2) is 28.9 Å². The lowest BCUT2D eigenvalue weighted by molar-refractivity contribution is 0.0731. The number of nitrogens with zero attached hydrogens (tertiary/aromatic N) is 2. The maximum atomic E-state index is 12.7. The van der Waals surface area contributed by atoms with E-state index in [1.807, 2.05) is 43.1 Å². The highest BCUT2D eigenvalue weighted by molar-refractivity contribution is 7.17. The van der Waals surface area contributed by atoms with Crippen LogP contribution in [0.5, 0.6) is 0 Å². The van der Waals surface area contributed by atoms with Gasteiger partial charge in [-0.1, -0.05) is 23.7 Å². The van der Waals surface area contributed by atoms with Crippen molar-refractivity contribution in [2.45, 2.75) is 32.7 Å². The van der Waals surface area contributed by atoms with E-state index in [-0.39, 0.29) is 5.91 Å². The highest BCUT2D eigenvalue weighted by Gasteiger charge is 2.33. The second-order valence-electron chi connectivity index (χ2n) is 5.93. The maximum absolute atomic E-state index is 12.7. The Hall–Kier alpha value is -1.39. The minimum atomic E-state index is 0.0783. The third-order valence-electron chi connectivity index (χ3n) is 4.32. The molecule has 1 aromatic carbocycles. The minimum absolute atomic E-state index is 0.0783. The van der Waals surface area contributed by atoms with Crippen LogP contribution in [0.15, 0.2) is 24.3 Å². The van der Waals surface area contributed by atoms with E-state index >= 15 is 0 Å². The Bertz CT molecular complexity index is 691. The van der Waals surface area contributed by atoms with Crippen LogP contribution in [0.3, 0.4) is 0 Å². The van der Waals surface area contributed by atoms with Gasteiger partial charge in [0.05, 0.1) is 5.69 Å². The fourth-order valence-corrected chi connectivity index (χ4v) is 3.73. The molecular weight excluding hydrogens is 316 g/mol. The van der Waals surface area contributed by atoms with Gasteiger partial charge < -0.3 is 4.90 Å². The van der Waals surface area contributed by atoms with Crippen molar-refractivity contribution in [2.75, 3.05) is 7.05 Å². The molecule has 3 rings (SSSR count). The molecule has 1 aliphatic rings. The molecule has 1 atom stereocenters. The molecule has 0 N–H and O–H groups in total. The van der Waals surface area contributed by atoms with Crippen LogP contribution in [0, 0.1) is 12.8 Å². The van der Waals surface area contributed by atoms with Crippen LogP contribution in [0.25, 0.3) is 10.6 Å². The van der Waals surface area contributed by atoms with Gasteiger partial charge in [-0.05, 0) is 44.7 Å². The number of hydrogen-bond acceptors (Lipinski definition) is 3. The molecule has 22 heavy (non-hydrogen) atoms. The summed E-state index contributed by atoms with van der Waals surface area (Å²) in [4.78, 5) is 19.9. The molecule has 1 fully saturated rings. The summed E-state index contributed by atoms with van der Waals surface area (Å²) in [5.41, 5.74) is 1.80. The molecule has 0 bridgehead atoms. The first kappa shape index (κ1) is 15.5. The van der Waals surface area contributed by atoms with Crippen molar-refractivity contribution in [2.24, 2.45) is 5.92 Å². The lowest BCUT2D eigenvalue weighted by Gasteiger charge is -2.24. The van der Waals surface area contributed by atoms with Gasteiger partial charge in [-0.3, -0.25) is 4.79 Å². The van der Waals surface area contributed by atoms with E-state index in [2.05, 4.69) is 11.9 Å². The molecule has 1 amide bonds. The van der Waals surface area contributed by atoms with Gasteiger partial charge >= 0.3 is 0 Å². The molecule has 1 aliphatic carbocycles. The third-order valence-corrected chi connectivity index (χ3v) is 5.76. The van der Waals surface area contributed by atoms with Crippen molar-refractivity contribution in [3.63, 3.8) is 0 Å². The zero-order valence-electron chi connectivity index (χ0n) is 13.0. The molecule has 0 aliphatic heterocycles. The molecule has 2 aromatic rings. The third kappa shape index (κ3) is 3.03. The summed E-state index contributed by atoms with van der Waals surface area (Å²) < 4.78 is 0. The Morgan fingerprint density at radius 1 is 1.36 bits per heavy atom. The minimum Gasteiger partial charge on any atom is -0.338 e. The fourth-order valence-electron chi connectivity index (χ4n) is 2.55. The fraction of sp³-hybridized carbons (Fsp3) is 0.412. The Morgan fingerprint density at radius 2 is 2.00 bits per heavy atom. The average molecular weight is 335 g/mol. The second kappa shape index (κ2) is 6.01. The molecule has 1 unspecified atom stereocenters. The SMILES string of the molecule is Cc1nc(-c2ccc(Cl)cc2)sc1C(=O)N(C)C(C)C1CC1. The quantitative estimate of drug-likeness (QED) is 0.815. The molecule has 1 saturated carbocycles. The summed E-state index contributed by atoms with van der Waals surface area (Å²) in [7, 11) is 1.90. The van der Waals surface area contributed by atoms with E-state index in [0.717, 1.165) is 21.1 Å². The molecule has 1 heterocycles. The molecule has 1 aromatic heterocycles. The van der Waals surface area contributed by atoms with Crippen molar-refractivity contribution < 1.29 is 4.79 Å². The lowest BCUT2D eigenvalue weighted by atomic mass is 10.2. The van der Waals surface area contributed by atoms with E-state index in [1.165, 1.54) is 24.2 Å². The van der Waals surface area contributed by atoms with Crippen molar-refractivity contribution in [1.29, 1.82) is 0 Å². The number of halogens is 1. The largest absolute Gasteiger partial charge is 0.338 e. The number of amides is 1. The second-order valence-corrected chi connectivity index (χ2v) is 7.37. The molecule has 0 radical (unpaired) electrons. The number of carbonyl (C=O) groups is 1. The number of aryl methyl sites for hydroxylation is 1. The summed E-state index contributed by atoms with van der Waals surface area (Å²) in [6.45, 7) is 4.03. The van der Waals surface area contributed by atoms with E-state index in [9.17, 15) is 4.79 Å². The first-order chi connectivity index (χ1) is 10.5. The van der Waals surface area contributed by atoms with Gasteiger partial charge in [0.2, 0.25) is 0 Å². The Morgan fingerprint density at radius 3 is 2.59 bits per heavy atom. The van der Waals surface area contributed by atoms with E-state index in [1.54, 1.807) is 0 Å². The maximum Gasteiger partial charge on any atom is 0.265 e. The van der Waals surface area contributed by atoms with E-state index in [0.29, 0.717) is 17.0 Å². The van der Waals surface area contributed by atoms with Gasteiger partial charge in [0.15, 0.2) is 0 Å². The summed E-state index contributed by atoms with van der Waals surface area (Å²) in [6.07, 6.45) is 2.47. The smallest absolute Gasteiger partial charge is 0.265 e. The van der Waals surface area contributed by atoms with Crippen LogP contribution < -0.4 is 0 Å². The summed E-state index contributed by atoms with van der Waals surface area (Å²) in [5, 5.41) is 1.57. The first-order valence-electron chi connectivity index (χ1n) is 7.48. The standard InChI is InChI=1S/C17H19ClN2OS/c1-10-15(17(21)20(3)11(2)12-4-5-12)22-16(19-10)13-6-8-14(18)9-7-13/h6-9,11-12H,4-5H2,1-3H3. The van der Waals surface area contributed by atoms with Gasteiger partial charge in [-0.2, -0.15) is 0 Å². The molecule has 116 valence electrons. The number of carbonyl (C=O) groups excluding carboxylic acids is 1. The van der Waals surface area contributed by atoms with E-state index < -0.39 is 0 Å². The predicted molar refractivity (Wildman–Crippen MR) is 91.6 cm³/mol. The predicted octanol–water partition coefficient (Wildman–Crippen LogP) is 4.64. The lowest BCUT2D eigenvalue weighted by Crippen LogP contribution is -2.36. The average Bonchev–Trinajstić information content (AvgIpc) is 3.28. The summed E-state index contributed by atoms with van der Waals surface area (Å²) >= 11 is 7.38. The highest BCUT2D eigenvalue weighted by Crippen LogP contribution is 2.36. The number of hydrogen-bond donors (Lipinski definition) is 0. The van der Waals surface area contributed by atoms with Crippen molar-refractivity contribution in [3.8, 4) is 10.6 Å². The monoisotopic (exact) mass is 334 g/mol. The van der Waals surface area contributed by atoms with Gasteiger partial charge in [0, 0.05) is 23.7 Å². The van der Waals surface area contributed by atoms with Crippen LogP contribution >= 0.6 is 22.9 Å². The summed E-state index contributed by atoms with van der Waals surface area (Å²) in [5.74, 6) is 0.743. The van der Waals surface area contributed by atoms with Gasteiger partial charge in [0.1, 0.15) is 9.88 Å². The van der Waals surface area contributed by atoms with Gasteiger partial charge in [0.25, 0.3) is 5.91 Å². The number of rotatable bonds is 4. The molecule has 3 nitrogen and oxygen atoms in total. The highest BCUT2D eigenvalue weighted by atomic mass is 35.5. The van der Waals surface area contributed by atoms with Gasteiger partial charge in [-0.25, -0.2) is 4.98 Å². The Labute approximate surface area is 139 Å². The topological polar surface area (TPSA) is 33.2 Å². The van der Waals surface area contributed by atoms with Crippen LogP contribution in [0.4, 0.5) is 0 Å². The van der Waals surface area contributed by atoms with Crippen LogP contribution in [-0.2, 0) is 0 Å². The van der Waals surface area contributed by atoms with Crippen LogP contribution in [0.1, 0.15) is 35.1 Å². The number of aromatic nitrogens is 1. The number of benzene rings is 1. The van der Waals surface area contributed by atoms with Crippen molar-refractivity contribution >= 4 is 28.8 Å².